The Morgan fingerprint density at radius 1 is 0.750 bits per heavy atom. The van der Waals surface area contributed by atoms with Gasteiger partial charge in [-0.15, -0.1) is 0 Å². The van der Waals surface area contributed by atoms with Gasteiger partial charge in [0.05, 0.1) is 34.9 Å². The standard InChI is InChI=1S/C23H21N5O4/c1-14-20(22(31)27-24-12-16-3-7-18(29)8-4-16)11-21(15(2)26-14)23(32)28-25-13-17-5-9-19(30)10-6-17/h3-13,29-30H,1-2H3,(H,27,31)(H,28,32)/b24-12+,25-13+. The Bertz CT molecular complexity index is 1100. The van der Waals surface area contributed by atoms with Crippen LogP contribution in [0.4, 0.5) is 0 Å². The van der Waals surface area contributed by atoms with Gasteiger partial charge in [-0.1, -0.05) is 0 Å². The summed E-state index contributed by atoms with van der Waals surface area (Å²) in [5.41, 5.74) is 7.48. The van der Waals surface area contributed by atoms with Gasteiger partial charge in [-0.2, -0.15) is 10.2 Å². The molecule has 1 aromatic heterocycles. The molecule has 3 rings (SSSR count). The molecule has 0 spiro atoms. The fourth-order valence-electron chi connectivity index (χ4n) is 2.76. The van der Waals surface area contributed by atoms with Crippen molar-refractivity contribution in [1.29, 1.82) is 0 Å². The van der Waals surface area contributed by atoms with Crippen LogP contribution in [0.2, 0.25) is 0 Å². The Morgan fingerprint density at radius 2 is 1.12 bits per heavy atom. The van der Waals surface area contributed by atoms with Crippen molar-refractivity contribution in [2.75, 3.05) is 0 Å². The molecule has 0 saturated heterocycles. The van der Waals surface area contributed by atoms with Crippen LogP contribution in [0.3, 0.4) is 0 Å². The number of phenols is 2. The lowest BCUT2D eigenvalue weighted by atomic mass is 10.1. The molecule has 2 aromatic carbocycles. The van der Waals surface area contributed by atoms with Crippen molar-refractivity contribution in [3.05, 3.63) is 88.2 Å². The maximum Gasteiger partial charge on any atom is 0.273 e. The molecule has 4 N–H and O–H groups in total. The van der Waals surface area contributed by atoms with E-state index in [9.17, 15) is 19.8 Å². The third-order valence-corrected chi connectivity index (χ3v) is 4.44. The topological polar surface area (TPSA) is 136 Å². The number of phenolic OH excluding ortho intramolecular Hbond substituents is 2. The summed E-state index contributed by atoms with van der Waals surface area (Å²) in [6.07, 6.45) is 2.86. The van der Waals surface area contributed by atoms with Crippen molar-refractivity contribution in [1.82, 2.24) is 15.8 Å². The van der Waals surface area contributed by atoms with Crippen LogP contribution in [-0.2, 0) is 0 Å². The molecule has 3 aromatic rings. The van der Waals surface area contributed by atoms with Crippen LogP contribution in [0.5, 0.6) is 11.5 Å². The summed E-state index contributed by atoms with van der Waals surface area (Å²) in [6.45, 7) is 3.33. The second-order valence-corrected chi connectivity index (χ2v) is 6.84. The summed E-state index contributed by atoms with van der Waals surface area (Å²) in [6, 6.07) is 14.0. The number of hydrogen-bond acceptors (Lipinski definition) is 7. The smallest absolute Gasteiger partial charge is 0.273 e. The minimum absolute atomic E-state index is 0.130. The largest absolute Gasteiger partial charge is 0.508 e. The SMILES string of the molecule is Cc1nc(C)c(C(=O)N/N=C/c2ccc(O)cc2)cc1C(=O)N/N=C/c1ccc(O)cc1. The van der Waals surface area contributed by atoms with E-state index in [1.807, 2.05) is 0 Å². The fourth-order valence-corrected chi connectivity index (χ4v) is 2.76. The lowest BCUT2D eigenvalue weighted by Gasteiger charge is -2.09. The molecule has 0 aliphatic carbocycles. The third kappa shape index (κ3) is 5.76. The number of hydrazone groups is 2. The first-order valence-corrected chi connectivity index (χ1v) is 9.56. The molecule has 162 valence electrons. The van der Waals surface area contributed by atoms with Gasteiger partial charge in [-0.25, -0.2) is 10.9 Å². The Balaban J connectivity index is 1.69. The fraction of sp³-hybridized carbons (Fsp3) is 0.0870. The van der Waals surface area contributed by atoms with Crippen LogP contribution in [-0.4, -0.2) is 39.4 Å². The van der Waals surface area contributed by atoms with E-state index in [2.05, 4.69) is 26.0 Å². The summed E-state index contributed by atoms with van der Waals surface area (Å²) in [7, 11) is 0. The molecule has 0 unspecified atom stereocenters. The number of carbonyl (C=O) groups is 2. The summed E-state index contributed by atoms with van der Waals surface area (Å²) in [4.78, 5) is 29.4. The minimum Gasteiger partial charge on any atom is -0.508 e. The highest BCUT2D eigenvalue weighted by molar-refractivity contribution is 6.01. The van der Waals surface area contributed by atoms with E-state index >= 15 is 0 Å². The molecule has 0 saturated carbocycles. The van der Waals surface area contributed by atoms with E-state index in [-0.39, 0.29) is 22.6 Å². The highest BCUT2D eigenvalue weighted by Crippen LogP contribution is 2.13. The molecule has 0 atom stereocenters. The molecule has 9 nitrogen and oxygen atoms in total. The predicted molar refractivity (Wildman–Crippen MR) is 120 cm³/mol. The second kappa shape index (κ2) is 9.98. The summed E-state index contributed by atoms with van der Waals surface area (Å²) >= 11 is 0. The zero-order valence-electron chi connectivity index (χ0n) is 17.4. The van der Waals surface area contributed by atoms with Crippen LogP contribution < -0.4 is 10.9 Å². The maximum absolute atomic E-state index is 12.5. The molecular formula is C23H21N5O4. The average molecular weight is 431 g/mol. The van der Waals surface area contributed by atoms with Gasteiger partial charge in [0.25, 0.3) is 11.8 Å². The first-order chi connectivity index (χ1) is 15.3. The van der Waals surface area contributed by atoms with Gasteiger partial charge in [-0.3, -0.25) is 14.6 Å². The number of pyridine rings is 1. The van der Waals surface area contributed by atoms with Crippen molar-refractivity contribution < 1.29 is 19.8 Å². The van der Waals surface area contributed by atoms with E-state index in [0.29, 0.717) is 22.5 Å². The normalized spacial score (nSPS) is 11.1. The molecule has 0 radical (unpaired) electrons. The summed E-state index contributed by atoms with van der Waals surface area (Å²) in [5.74, 6) is -0.783. The van der Waals surface area contributed by atoms with E-state index in [1.54, 1.807) is 38.1 Å². The van der Waals surface area contributed by atoms with Crippen LogP contribution in [0.1, 0.15) is 43.2 Å². The van der Waals surface area contributed by atoms with Gasteiger partial charge < -0.3 is 10.2 Å². The summed E-state index contributed by atoms with van der Waals surface area (Å²) in [5, 5.41) is 26.4. The Kier molecular flexibility index (Phi) is 6.92. The van der Waals surface area contributed by atoms with Gasteiger partial charge in [0.1, 0.15) is 11.5 Å². The maximum atomic E-state index is 12.5. The summed E-state index contributed by atoms with van der Waals surface area (Å²) < 4.78 is 0. The van der Waals surface area contributed by atoms with Crippen molar-refractivity contribution in [2.24, 2.45) is 10.2 Å². The lowest BCUT2D eigenvalue weighted by molar-refractivity contribution is 0.0954. The molecule has 0 aliphatic heterocycles. The molecule has 0 bridgehead atoms. The molecule has 9 heteroatoms. The number of benzene rings is 2. The predicted octanol–water partition coefficient (Wildman–Crippen LogP) is 2.64. The molecule has 1 heterocycles. The molecule has 0 aliphatic rings. The number of nitrogens with zero attached hydrogens (tertiary/aromatic N) is 3. The van der Waals surface area contributed by atoms with Crippen molar-refractivity contribution in [3.8, 4) is 11.5 Å². The van der Waals surface area contributed by atoms with Crippen LogP contribution in [0, 0.1) is 13.8 Å². The number of carbonyl (C=O) groups excluding carboxylic acids is 2. The van der Waals surface area contributed by atoms with Crippen molar-refractivity contribution in [3.63, 3.8) is 0 Å². The number of hydrogen-bond donors (Lipinski definition) is 4. The number of amides is 2. The molecular weight excluding hydrogens is 410 g/mol. The van der Waals surface area contributed by atoms with Crippen LogP contribution in [0.15, 0.2) is 64.8 Å². The highest BCUT2D eigenvalue weighted by Gasteiger charge is 2.17. The zero-order chi connectivity index (χ0) is 23.1. The third-order valence-electron chi connectivity index (χ3n) is 4.44. The number of rotatable bonds is 6. The Morgan fingerprint density at radius 3 is 1.50 bits per heavy atom. The van der Waals surface area contributed by atoms with Gasteiger partial charge in [0.2, 0.25) is 0 Å². The van der Waals surface area contributed by atoms with Crippen LogP contribution >= 0.6 is 0 Å². The van der Waals surface area contributed by atoms with Gasteiger partial charge in [0, 0.05) is 0 Å². The van der Waals surface area contributed by atoms with Gasteiger partial charge >= 0.3 is 0 Å². The van der Waals surface area contributed by atoms with E-state index in [4.69, 9.17) is 0 Å². The Hall–Kier alpha value is -4.53. The number of aromatic nitrogens is 1. The zero-order valence-corrected chi connectivity index (χ0v) is 17.4. The second-order valence-electron chi connectivity index (χ2n) is 6.84. The van der Waals surface area contributed by atoms with Crippen molar-refractivity contribution in [2.45, 2.75) is 13.8 Å². The number of aromatic hydroxyl groups is 2. The van der Waals surface area contributed by atoms with E-state index in [0.717, 1.165) is 0 Å². The molecule has 32 heavy (non-hydrogen) atoms. The average Bonchev–Trinajstić information content (AvgIpc) is 2.76. The lowest BCUT2D eigenvalue weighted by Crippen LogP contribution is -2.23. The number of nitrogens with one attached hydrogen (secondary N) is 2. The van der Waals surface area contributed by atoms with E-state index in [1.165, 1.54) is 42.8 Å². The Labute approximate surface area is 184 Å². The van der Waals surface area contributed by atoms with Crippen LogP contribution in [0.25, 0.3) is 0 Å². The first-order valence-electron chi connectivity index (χ1n) is 9.56. The first kappa shape index (κ1) is 22.2. The monoisotopic (exact) mass is 431 g/mol. The highest BCUT2D eigenvalue weighted by atomic mass is 16.3. The molecule has 2 amide bonds. The van der Waals surface area contributed by atoms with Gasteiger partial charge in [0.15, 0.2) is 0 Å². The quantitative estimate of drug-likeness (QED) is 0.351. The molecule has 0 fully saturated rings. The minimum atomic E-state index is -0.522. The number of aryl methyl sites for hydroxylation is 2. The van der Waals surface area contributed by atoms with Crippen molar-refractivity contribution >= 4 is 24.2 Å². The van der Waals surface area contributed by atoms with Gasteiger partial charge in [-0.05, 0) is 79.6 Å². The van der Waals surface area contributed by atoms with E-state index < -0.39 is 11.8 Å².